The third kappa shape index (κ3) is 5.12. The lowest BCUT2D eigenvalue weighted by molar-refractivity contribution is 0.281. The van der Waals surface area contributed by atoms with Gasteiger partial charge in [-0.1, -0.05) is 59.0 Å². The maximum absolute atomic E-state index is 5.68. The van der Waals surface area contributed by atoms with Crippen LogP contribution in [-0.4, -0.2) is 11.1 Å². The van der Waals surface area contributed by atoms with Gasteiger partial charge in [-0.2, -0.15) is 0 Å². The lowest BCUT2D eigenvalue weighted by atomic mass is 9.72. The molecule has 20 heavy (non-hydrogen) atoms. The SMILES string of the molecule is CC(Oc1ccc(C(C)(C)CC(C)(C)C)cc1)C(N)=S. The van der Waals surface area contributed by atoms with Gasteiger partial charge in [-0.25, -0.2) is 0 Å². The molecule has 112 valence electrons. The molecule has 1 rings (SSSR count). The van der Waals surface area contributed by atoms with Crippen molar-refractivity contribution in [2.75, 3.05) is 0 Å². The van der Waals surface area contributed by atoms with Gasteiger partial charge in [-0.05, 0) is 41.9 Å². The average molecular weight is 293 g/mol. The molecule has 0 aliphatic heterocycles. The zero-order valence-corrected chi connectivity index (χ0v) is 14.3. The van der Waals surface area contributed by atoms with Gasteiger partial charge >= 0.3 is 0 Å². The van der Waals surface area contributed by atoms with Crippen molar-refractivity contribution in [3.8, 4) is 5.75 Å². The second-order valence-electron chi connectivity index (χ2n) is 7.31. The van der Waals surface area contributed by atoms with E-state index in [0.29, 0.717) is 10.4 Å². The van der Waals surface area contributed by atoms with E-state index in [9.17, 15) is 0 Å². The summed E-state index contributed by atoms with van der Waals surface area (Å²) in [5.74, 6) is 0.806. The maximum Gasteiger partial charge on any atom is 0.145 e. The molecule has 0 radical (unpaired) electrons. The van der Waals surface area contributed by atoms with E-state index < -0.39 is 0 Å². The molecule has 0 aromatic heterocycles. The summed E-state index contributed by atoms with van der Waals surface area (Å²) in [5, 5.41) is 0. The third-order valence-electron chi connectivity index (χ3n) is 3.32. The molecular formula is C17H27NOS. The highest BCUT2D eigenvalue weighted by atomic mass is 32.1. The van der Waals surface area contributed by atoms with E-state index in [1.165, 1.54) is 5.56 Å². The molecule has 2 nitrogen and oxygen atoms in total. The quantitative estimate of drug-likeness (QED) is 0.814. The highest BCUT2D eigenvalue weighted by Crippen LogP contribution is 2.36. The molecule has 0 heterocycles. The Labute approximate surface area is 128 Å². The fraction of sp³-hybridized carbons (Fsp3) is 0.588. The van der Waals surface area contributed by atoms with Gasteiger partial charge in [0.05, 0.1) is 0 Å². The van der Waals surface area contributed by atoms with Crippen LogP contribution in [-0.2, 0) is 5.41 Å². The number of hydrogen-bond donors (Lipinski definition) is 1. The van der Waals surface area contributed by atoms with Crippen LogP contribution in [0.25, 0.3) is 0 Å². The van der Waals surface area contributed by atoms with Gasteiger partial charge in [-0.3, -0.25) is 0 Å². The molecule has 2 N–H and O–H groups in total. The topological polar surface area (TPSA) is 35.2 Å². The van der Waals surface area contributed by atoms with Gasteiger partial charge in [-0.15, -0.1) is 0 Å². The standard InChI is InChI=1S/C17H27NOS/c1-12(15(18)20)19-14-9-7-13(8-10-14)17(5,6)11-16(2,3)4/h7-10,12H,11H2,1-6H3,(H2,18,20). The molecular weight excluding hydrogens is 266 g/mol. The zero-order chi connectivity index (χ0) is 15.6. The summed E-state index contributed by atoms with van der Waals surface area (Å²) in [6.07, 6.45) is 0.891. The second-order valence-corrected chi connectivity index (χ2v) is 7.78. The lowest BCUT2D eigenvalue weighted by Gasteiger charge is -2.33. The van der Waals surface area contributed by atoms with E-state index in [-0.39, 0.29) is 11.5 Å². The van der Waals surface area contributed by atoms with E-state index in [1.807, 2.05) is 19.1 Å². The smallest absolute Gasteiger partial charge is 0.145 e. The Morgan fingerprint density at radius 2 is 1.65 bits per heavy atom. The minimum absolute atomic E-state index is 0.144. The molecule has 1 aromatic carbocycles. The first-order valence-corrected chi connectivity index (χ1v) is 7.49. The van der Waals surface area contributed by atoms with Gasteiger partial charge in [0.25, 0.3) is 0 Å². The van der Waals surface area contributed by atoms with Crippen molar-refractivity contribution in [1.29, 1.82) is 0 Å². The van der Waals surface area contributed by atoms with Crippen molar-refractivity contribution in [1.82, 2.24) is 0 Å². The Hall–Kier alpha value is -1.09. The van der Waals surface area contributed by atoms with Crippen molar-refractivity contribution in [2.24, 2.45) is 11.1 Å². The molecule has 0 amide bonds. The van der Waals surface area contributed by atoms with Crippen molar-refractivity contribution in [3.05, 3.63) is 29.8 Å². The first-order chi connectivity index (χ1) is 9.01. The molecule has 0 fully saturated rings. The van der Waals surface area contributed by atoms with Crippen LogP contribution in [0.5, 0.6) is 5.75 Å². The van der Waals surface area contributed by atoms with E-state index in [0.717, 1.165) is 12.2 Å². The number of rotatable bonds is 5. The highest BCUT2D eigenvalue weighted by molar-refractivity contribution is 7.80. The van der Waals surface area contributed by atoms with Crippen LogP contribution in [0.2, 0.25) is 0 Å². The molecule has 0 saturated heterocycles. The van der Waals surface area contributed by atoms with Gasteiger partial charge in [0.1, 0.15) is 16.8 Å². The van der Waals surface area contributed by atoms with Crippen LogP contribution >= 0.6 is 12.2 Å². The lowest BCUT2D eigenvalue weighted by Crippen LogP contribution is -2.29. The summed E-state index contributed by atoms with van der Waals surface area (Å²) < 4.78 is 5.68. The first-order valence-electron chi connectivity index (χ1n) is 7.08. The van der Waals surface area contributed by atoms with Gasteiger partial charge in [0.15, 0.2) is 0 Å². The fourth-order valence-electron chi connectivity index (χ4n) is 2.67. The van der Waals surface area contributed by atoms with E-state index in [2.05, 4.69) is 46.8 Å². The Morgan fingerprint density at radius 1 is 1.15 bits per heavy atom. The summed E-state index contributed by atoms with van der Waals surface area (Å²) >= 11 is 4.91. The molecule has 1 unspecified atom stereocenters. The van der Waals surface area contributed by atoms with Crippen LogP contribution in [0, 0.1) is 5.41 Å². The number of benzene rings is 1. The summed E-state index contributed by atoms with van der Waals surface area (Å²) in [5.41, 5.74) is 7.33. The van der Waals surface area contributed by atoms with Crippen molar-refractivity contribution in [2.45, 2.75) is 59.5 Å². The Kier molecular flexibility index (Phi) is 5.20. The monoisotopic (exact) mass is 293 g/mol. The highest BCUT2D eigenvalue weighted by Gasteiger charge is 2.27. The van der Waals surface area contributed by atoms with Crippen molar-refractivity contribution >= 4 is 17.2 Å². The van der Waals surface area contributed by atoms with Crippen LogP contribution in [0.3, 0.4) is 0 Å². The van der Waals surface area contributed by atoms with Crippen LogP contribution in [0.15, 0.2) is 24.3 Å². The number of ether oxygens (including phenoxy) is 1. The largest absolute Gasteiger partial charge is 0.484 e. The first kappa shape index (κ1) is 17.0. The molecule has 0 saturated carbocycles. The fourth-order valence-corrected chi connectivity index (χ4v) is 2.72. The molecule has 0 bridgehead atoms. The van der Waals surface area contributed by atoms with Crippen molar-refractivity contribution in [3.63, 3.8) is 0 Å². The average Bonchev–Trinajstić information content (AvgIpc) is 2.26. The molecule has 0 aliphatic carbocycles. The van der Waals surface area contributed by atoms with Crippen molar-refractivity contribution < 1.29 is 4.74 Å². The van der Waals surface area contributed by atoms with E-state index >= 15 is 0 Å². The summed E-state index contributed by atoms with van der Waals surface area (Å²) in [7, 11) is 0. The number of nitrogens with two attached hydrogens (primary N) is 1. The summed E-state index contributed by atoms with van der Waals surface area (Å²) in [6.45, 7) is 13.2. The normalized spacial score (nSPS) is 13.9. The second kappa shape index (κ2) is 6.13. The van der Waals surface area contributed by atoms with Crippen LogP contribution in [0.1, 0.15) is 53.5 Å². The minimum Gasteiger partial charge on any atom is -0.484 e. The molecule has 1 aromatic rings. The van der Waals surface area contributed by atoms with Gasteiger partial charge in [0, 0.05) is 0 Å². The summed E-state index contributed by atoms with van der Waals surface area (Å²) in [4.78, 5) is 0.377. The number of thiocarbonyl (C=S) groups is 1. The zero-order valence-electron chi connectivity index (χ0n) is 13.5. The Bertz CT molecular complexity index is 457. The maximum atomic E-state index is 5.68. The molecule has 3 heteroatoms. The van der Waals surface area contributed by atoms with E-state index in [1.54, 1.807) is 0 Å². The molecule has 1 atom stereocenters. The van der Waals surface area contributed by atoms with E-state index in [4.69, 9.17) is 22.7 Å². The summed E-state index contributed by atoms with van der Waals surface area (Å²) in [6, 6.07) is 8.25. The van der Waals surface area contributed by atoms with Gasteiger partial charge < -0.3 is 10.5 Å². The Morgan fingerprint density at radius 3 is 2.05 bits per heavy atom. The minimum atomic E-state index is -0.238. The molecule has 0 aliphatic rings. The predicted octanol–water partition coefficient (Wildman–Crippen LogP) is 4.45. The van der Waals surface area contributed by atoms with Gasteiger partial charge in [0.2, 0.25) is 0 Å². The number of hydrogen-bond acceptors (Lipinski definition) is 2. The molecule has 0 spiro atoms. The van der Waals surface area contributed by atoms with Crippen LogP contribution in [0.4, 0.5) is 0 Å². The third-order valence-corrected chi connectivity index (χ3v) is 3.65. The van der Waals surface area contributed by atoms with Crippen LogP contribution < -0.4 is 10.5 Å². The predicted molar refractivity (Wildman–Crippen MR) is 90.4 cm³/mol. The Balaban J connectivity index is 2.83.